The summed E-state index contributed by atoms with van der Waals surface area (Å²) in [5, 5.41) is 2.75. The molecule has 0 aromatic heterocycles. The van der Waals surface area contributed by atoms with E-state index in [1.807, 2.05) is 0 Å². The summed E-state index contributed by atoms with van der Waals surface area (Å²) in [5.74, 6) is -0.302. The predicted octanol–water partition coefficient (Wildman–Crippen LogP) is -0.606. The van der Waals surface area contributed by atoms with E-state index in [2.05, 4.69) is 10.1 Å². The number of hydrogen-bond acceptors (Lipinski definition) is 4. The Morgan fingerprint density at radius 2 is 2.20 bits per heavy atom. The van der Waals surface area contributed by atoms with Crippen molar-refractivity contribution in [1.82, 2.24) is 5.32 Å². The van der Waals surface area contributed by atoms with Gasteiger partial charge in [-0.15, -0.1) is 0 Å². The number of esters is 1. The first-order chi connectivity index (χ1) is 4.76. The first-order valence-electron chi connectivity index (χ1n) is 3.00. The molecule has 0 bridgehead atoms. The molecule has 0 fully saturated rings. The van der Waals surface area contributed by atoms with Crippen LogP contribution in [0.3, 0.4) is 0 Å². The Kier molecular flexibility index (Phi) is 4.88. The van der Waals surface area contributed by atoms with Crippen LogP contribution in [0.5, 0.6) is 0 Å². The molecule has 0 heterocycles. The van der Waals surface area contributed by atoms with Gasteiger partial charge >= 0.3 is 5.97 Å². The van der Waals surface area contributed by atoms with E-state index < -0.39 is 0 Å². The number of likely N-dealkylation sites (N-methyl/N-ethyl adjacent to an activating group) is 1. The van der Waals surface area contributed by atoms with Gasteiger partial charge in [0.15, 0.2) is 0 Å². The Hall–Kier alpha value is -0.610. The molecule has 0 rings (SSSR count). The molecule has 0 aliphatic rings. The molecule has 0 saturated carbocycles. The van der Waals surface area contributed by atoms with Crippen LogP contribution in [0.25, 0.3) is 0 Å². The van der Waals surface area contributed by atoms with Crippen LogP contribution in [-0.4, -0.2) is 39.9 Å². The molecule has 0 aromatic rings. The van der Waals surface area contributed by atoms with E-state index in [0.29, 0.717) is 6.61 Å². The van der Waals surface area contributed by atoms with E-state index in [-0.39, 0.29) is 12.0 Å². The van der Waals surface area contributed by atoms with E-state index in [9.17, 15) is 4.79 Å². The lowest BCUT2D eigenvalue weighted by Crippen LogP contribution is -2.38. The minimum Gasteiger partial charge on any atom is -0.468 e. The summed E-state index contributed by atoms with van der Waals surface area (Å²) in [6.07, 6.45) is 0. The zero-order chi connectivity index (χ0) is 7.98. The molecular formula is C6H13NO3. The average molecular weight is 147 g/mol. The van der Waals surface area contributed by atoms with Crippen molar-refractivity contribution in [3.8, 4) is 0 Å². The van der Waals surface area contributed by atoms with Crippen molar-refractivity contribution >= 4 is 5.97 Å². The maximum absolute atomic E-state index is 10.8. The fraction of sp³-hybridized carbons (Fsp3) is 0.833. The maximum atomic E-state index is 10.8. The van der Waals surface area contributed by atoms with Gasteiger partial charge in [0.25, 0.3) is 0 Å². The summed E-state index contributed by atoms with van der Waals surface area (Å²) in [7, 11) is 4.57. The average Bonchev–Trinajstić information content (AvgIpc) is 1.99. The second-order valence-electron chi connectivity index (χ2n) is 1.82. The van der Waals surface area contributed by atoms with Gasteiger partial charge in [0.05, 0.1) is 13.7 Å². The van der Waals surface area contributed by atoms with E-state index in [0.717, 1.165) is 0 Å². The summed E-state index contributed by atoms with van der Waals surface area (Å²) >= 11 is 0. The van der Waals surface area contributed by atoms with Crippen molar-refractivity contribution in [2.45, 2.75) is 6.04 Å². The van der Waals surface area contributed by atoms with Crippen LogP contribution >= 0.6 is 0 Å². The third kappa shape index (κ3) is 2.80. The van der Waals surface area contributed by atoms with Crippen molar-refractivity contribution < 1.29 is 14.3 Å². The Morgan fingerprint density at radius 1 is 1.60 bits per heavy atom. The van der Waals surface area contributed by atoms with Gasteiger partial charge in [-0.3, -0.25) is 4.79 Å². The molecule has 0 amide bonds. The fourth-order valence-corrected chi connectivity index (χ4v) is 0.578. The van der Waals surface area contributed by atoms with Crippen LogP contribution in [-0.2, 0) is 14.3 Å². The highest BCUT2D eigenvalue weighted by molar-refractivity contribution is 5.75. The lowest BCUT2D eigenvalue weighted by molar-refractivity contribution is -0.144. The van der Waals surface area contributed by atoms with E-state index in [4.69, 9.17) is 4.74 Å². The molecule has 0 spiro atoms. The maximum Gasteiger partial charge on any atom is 0.325 e. The minimum atomic E-state index is -0.352. The van der Waals surface area contributed by atoms with Gasteiger partial charge in [-0.25, -0.2) is 0 Å². The van der Waals surface area contributed by atoms with Crippen molar-refractivity contribution in [3.63, 3.8) is 0 Å². The molecule has 0 aliphatic heterocycles. The third-order valence-electron chi connectivity index (χ3n) is 1.17. The van der Waals surface area contributed by atoms with Crippen molar-refractivity contribution in [3.05, 3.63) is 0 Å². The lowest BCUT2D eigenvalue weighted by Gasteiger charge is -2.11. The summed E-state index contributed by atoms with van der Waals surface area (Å²) < 4.78 is 9.23. The van der Waals surface area contributed by atoms with Gasteiger partial charge in [-0.1, -0.05) is 0 Å². The molecule has 60 valence electrons. The van der Waals surface area contributed by atoms with Gasteiger partial charge in [-0.05, 0) is 7.05 Å². The second-order valence-corrected chi connectivity index (χ2v) is 1.82. The highest BCUT2D eigenvalue weighted by Gasteiger charge is 2.15. The van der Waals surface area contributed by atoms with Crippen molar-refractivity contribution in [2.75, 3.05) is 27.9 Å². The van der Waals surface area contributed by atoms with E-state index in [1.54, 1.807) is 7.05 Å². The standard InChI is InChI=1S/C6H13NO3/c1-7-5(4-9-2)6(8)10-3/h5,7H,4H2,1-3H3/t5-/m0/s1. The van der Waals surface area contributed by atoms with Gasteiger partial charge in [0.1, 0.15) is 6.04 Å². The number of ether oxygens (including phenoxy) is 2. The SMILES string of the molecule is CN[C@@H](COC)C(=O)OC. The Bertz CT molecular complexity index is 105. The molecular weight excluding hydrogens is 134 g/mol. The van der Waals surface area contributed by atoms with Gasteiger partial charge in [0.2, 0.25) is 0 Å². The summed E-state index contributed by atoms with van der Waals surface area (Å²) in [6, 6.07) is -0.352. The molecule has 4 heteroatoms. The highest BCUT2D eigenvalue weighted by Crippen LogP contribution is 1.86. The lowest BCUT2D eigenvalue weighted by atomic mass is 10.3. The molecule has 0 aromatic carbocycles. The largest absolute Gasteiger partial charge is 0.468 e. The molecule has 10 heavy (non-hydrogen) atoms. The zero-order valence-electron chi connectivity index (χ0n) is 6.51. The number of rotatable bonds is 4. The number of carbonyl (C=O) groups excluding carboxylic acids is 1. The van der Waals surface area contributed by atoms with Crippen molar-refractivity contribution in [1.29, 1.82) is 0 Å². The molecule has 0 radical (unpaired) electrons. The predicted molar refractivity (Wildman–Crippen MR) is 36.7 cm³/mol. The summed E-state index contributed by atoms with van der Waals surface area (Å²) in [6.45, 7) is 0.336. The monoisotopic (exact) mass is 147 g/mol. The second kappa shape index (κ2) is 5.20. The van der Waals surface area contributed by atoms with Crippen LogP contribution in [0.1, 0.15) is 0 Å². The molecule has 0 aliphatic carbocycles. The smallest absolute Gasteiger partial charge is 0.325 e. The Balaban J connectivity index is 3.68. The van der Waals surface area contributed by atoms with E-state index >= 15 is 0 Å². The summed E-state index contributed by atoms with van der Waals surface area (Å²) in [5.41, 5.74) is 0. The highest BCUT2D eigenvalue weighted by atomic mass is 16.5. The molecule has 4 nitrogen and oxygen atoms in total. The van der Waals surface area contributed by atoms with Crippen LogP contribution in [0.4, 0.5) is 0 Å². The zero-order valence-corrected chi connectivity index (χ0v) is 6.51. The number of carbonyl (C=O) groups is 1. The Labute approximate surface area is 60.5 Å². The minimum absolute atomic E-state index is 0.302. The normalized spacial score (nSPS) is 12.7. The first-order valence-corrected chi connectivity index (χ1v) is 3.00. The van der Waals surface area contributed by atoms with Crippen molar-refractivity contribution in [2.24, 2.45) is 0 Å². The van der Waals surface area contributed by atoms with Gasteiger partial charge in [0, 0.05) is 7.11 Å². The number of hydrogen-bond donors (Lipinski definition) is 1. The van der Waals surface area contributed by atoms with Crippen LogP contribution < -0.4 is 5.32 Å². The van der Waals surface area contributed by atoms with Crippen LogP contribution in [0.15, 0.2) is 0 Å². The van der Waals surface area contributed by atoms with Gasteiger partial charge in [-0.2, -0.15) is 0 Å². The fourth-order valence-electron chi connectivity index (χ4n) is 0.578. The quantitative estimate of drug-likeness (QED) is 0.539. The topological polar surface area (TPSA) is 47.6 Å². The molecule has 1 atom stereocenters. The van der Waals surface area contributed by atoms with Crippen LogP contribution in [0.2, 0.25) is 0 Å². The number of nitrogens with one attached hydrogen (secondary N) is 1. The first kappa shape index (κ1) is 9.39. The Morgan fingerprint density at radius 3 is 2.50 bits per heavy atom. The number of methoxy groups -OCH3 is 2. The molecule has 0 saturated heterocycles. The molecule has 0 unspecified atom stereocenters. The summed E-state index contributed by atoms with van der Waals surface area (Å²) in [4.78, 5) is 10.8. The van der Waals surface area contributed by atoms with Gasteiger partial charge < -0.3 is 14.8 Å². The molecule has 1 N–H and O–H groups in total. The third-order valence-corrected chi connectivity index (χ3v) is 1.17. The van der Waals surface area contributed by atoms with E-state index in [1.165, 1.54) is 14.2 Å². The van der Waals surface area contributed by atoms with Crippen LogP contribution in [0, 0.1) is 0 Å².